The van der Waals surface area contributed by atoms with E-state index in [0.717, 1.165) is 12.8 Å². The van der Waals surface area contributed by atoms with Crippen molar-refractivity contribution in [2.45, 2.75) is 53.6 Å². The second kappa shape index (κ2) is 16.9. The third-order valence-electron chi connectivity index (χ3n) is 2.69. The molecule has 0 spiro atoms. The van der Waals surface area contributed by atoms with E-state index in [1.54, 1.807) is 0 Å². The van der Waals surface area contributed by atoms with Crippen molar-refractivity contribution in [1.82, 2.24) is 0 Å². The molecule has 2 rings (SSSR count). The molecule has 4 heteroatoms. The first-order valence-electron chi connectivity index (χ1n) is 7.40. The second-order valence-electron chi connectivity index (χ2n) is 5.79. The number of halogens is 2. The van der Waals surface area contributed by atoms with E-state index in [4.69, 9.17) is 0 Å². The molecule has 0 aromatic heterocycles. The van der Waals surface area contributed by atoms with E-state index in [0.29, 0.717) is 11.8 Å². The summed E-state index contributed by atoms with van der Waals surface area (Å²) in [5.74, 6) is 1.32. The normalized spacial score (nSPS) is 14.1. The third kappa shape index (κ3) is 15.9. The maximum atomic E-state index is 3.26. The molecule has 0 radical (unpaired) electrons. The minimum absolute atomic E-state index is 0. The molecule has 2 aliphatic carbocycles. The topological polar surface area (TPSA) is 0 Å². The summed E-state index contributed by atoms with van der Waals surface area (Å²) < 4.78 is 0. The molecule has 0 nitrogen and oxygen atoms in total. The van der Waals surface area contributed by atoms with Gasteiger partial charge in [-0.25, -0.2) is 23.3 Å². The van der Waals surface area contributed by atoms with Gasteiger partial charge in [-0.3, -0.25) is 12.2 Å². The van der Waals surface area contributed by atoms with Crippen molar-refractivity contribution in [3.8, 4) is 0 Å². The van der Waals surface area contributed by atoms with Crippen molar-refractivity contribution in [1.29, 1.82) is 0 Å². The average molecular weight is 611 g/mol. The molecular formula is C18H28Br2HfSi-2. The minimum Gasteiger partial charge on any atom is -1.00 e. The number of hydrogen-bond donors (Lipinski definition) is 0. The van der Waals surface area contributed by atoms with Crippen LogP contribution in [-0.4, -0.2) is 5.49 Å². The zero-order valence-electron chi connectivity index (χ0n) is 14.6. The summed E-state index contributed by atoms with van der Waals surface area (Å²) in [4.78, 5) is 0. The van der Waals surface area contributed by atoms with E-state index in [9.17, 15) is 0 Å². The van der Waals surface area contributed by atoms with Gasteiger partial charge in [0.1, 0.15) is 0 Å². The molecule has 0 amide bonds. The molecule has 22 heavy (non-hydrogen) atoms. The molecule has 0 atom stereocenters. The minimum atomic E-state index is 0. The van der Waals surface area contributed by atoms with Crippen LogP contribution in [0.15, 0.2) is 35.5 Å². The molecule has 0 aliphatic heterocycles. The largest absolute Gasteiger partial charge is 1.00 e. The first kappa shape index (κ1) is 27.8. The summed E-state index contributed by atoms with van der Waals surface area (Å²) in [6.07, 6.45) is 17.2. The third-order valence-corrected chi connectivity index (χ3v) is 2.69. The fraction of sp³-hybridized carbons (Fsp3) is 0.556. The van der Waals surface area contributed by atoms with Crippen molar-refractivity contribution in [2.75, 3.05) is 0 Å². The van der Waals surface area contributed by atoms with Gasteiger partial charge >= 0.3 is 41.6 Å². The Bertz CT molecular complexity index is 381. The van der Waals surface area contributed by atoms with Crippen LogP contribution in [0.3, 0.4) is 0 Å². The van der Waals surface area contributed by atoms with E-state index in [1.165, 1.54) is 34.1 Å². The van der Waals surface area contributed by atoms with Crippen LogP contribution in [0.5, 0.6) is 0 Å². The maximum Gasteiger partial charge on any atom is -1.00 e. The van der Waals surface area contributed by atoms with Gasteiger partial charge in [-0.15, -0.1) is 12.8 Å². The molecule has 0 fully saturated rings. The summed E-state index contributed by atoms with van der Waals surface area (Å²) in [6.45, 7) is 13.4. The molecular weight excluding hydrogens is 583 g/mol. The summed E-state index contributed by atoms with van der Waals surface area (Å²) in [5.41, 5.74) is 2.99. The summed E-state index contributed by atoms with van der Waals surface area (Å²) in [7, 11) is 0. The van der Waals surface area contributed by atoms with Crippen LogP contribution < -0.4 is 34.0 Å². The fourth-order valence-corrected chi connectivity index (χ4v) is 1.64. The Kier molecular flexibility index (Phi) is 21.3. The monoisotopic (exact) mass is 610 g/mol. The van der Waals surface area contributed by atoms with E-state index in [1.807, 2.05) is 0 Å². The Morgan fingerprint density at radius 3 is 1.23 bits per heavy atom. The summed E-state index contributed by atoms with van der Waals surface area (Å²) >= 11 is 1.45. The Balaban J connectivity index is -0.000000249. The van der Waals surface area contributed by atoms with Crippen LogP contribution in [0.25, 0.3) is 0 Å². The van der Waals surface area contributed by atoms with Crippen molar-refractivity contribution in [3.05, 3.63) is 47.6 Å². The van der Waals surface area contributed by atoms with Crippen molar-refractivity contribution < 1.29 is 57.0 Å². The van der Waals surface area contributed by atoms with E-state index < -0.39 is 0 Å². The van der Waals surface area contributed by atoms with Gasteiger partial charge in [0, 0.05) is 0 Å². The van der Waals surface area contributed by atoms with Gasteiger partial charge in [-0.2, -0.15) is 12.2 Å². The number of hydrogen-bond acceptors (Lipinski definition) is 0. The Morgan fingerprint density at radius 2 is 1.14 bits per heavy atom. The Morgan fingerprint density at radius 1 is 0.864 bits per heavy atom. The van der Waals surface area contributed by atoms with Gasteiger partial charge in [0.15, 0.2) is 0 Å². The molecule has 0 aromatic rings. The Hall–Kier alpha value is 1.01. The van der Waals surface area contributed by atoms with Crippen LogP contribution in [0.2, 0.25) is 13.1 Å². The maximum absolute atomic E-state index is 3.26. The molecule has 124 valence electrons. The Labute approximate surface area is 174 Å². The molecule has 0 aromatic carbocycles. The first-order valence-corrected chi connectivity index (χ1v) is 15.3. The average Bonchev–Trinajstić information content (AvgIpc) is 3.03. The van der Waals surface area contributed by atoms with Crippen molar-refractivity contribution >= 4 is 5.49 Å². The van der Waals surface area contributed by atoms with Crippen LogP contribution in [0.1, 0.15) is 40.5 Å². The molecule has 0 saturated carbocycles. The van der Waals surface area contributed by atoms with Gasteiger partial charge < -0.3 is 34.0 Å². The molecule has 0 unspecified atom stereocenters. The molecule has 0 bridgehead atoms. The number of rotatable bonds is 2. The van der Waals surface area contributed by atoms with Gasteiger partial charge in [-0.1, -0.05) is 39.5 Å². The van der Waals surface area contributed by atoms with E-state index >= 15 is 0 Å². The molecule has 0 N–H and O–H groups in total. The van der Waals surface area contributed by atoms with Crippen LogP contribution in [0, 0.1) is 24.0 Å². The van der Waals surface area contributed by atoms with E-state index in [2.05, 4.69) is 77.2 Å². The predicted octanol–water partition coefficient (Wildman–Crippen LogP) is -0.544. The molecule has 0 saturated heterocycles. The zero-order chi connectivity index (χ0) is 15.5. The fourth-order valence-electron chi connectivity index (χ4n) is 1.64. The number of allylic oxidation sites excluding steroid dienone is 8. The zero-order valence-corrected chi connectivity index (χ0v) is 22.4. The summed E-state index contributed by atoms with van der Waals surface area (Å²) in [6, 6.07) is 0. The molecule has 0 heterocycles. The van der Waals surface area contributed by atoms with Gasteiger partial charge in [0.2, 0.25) is 0 Å². The first-order chi connectivity index (χ1) is 9.34. The van der Waals surface area contributed by atoms with E-state index in [-0.39, 0.29) is 39.5 Å². The SMILES string of the molecule is CC(C)C1=[C-]CC=C1.CC(C)C1=[C-]CC=C1.C[Si](C)=[Hf+2].[Br-].[Br-]. The van der Waals surface area contributed by atoms with Gasteiger partial charge in [0.25, 0.3) is 0 Å². The smallest absolute Gasteiger partial charge is 1.00 e. The second-order valence-corrected chi connectivity index (χ2v) is 18.6. The predicted molar refractivity (Wildman–Crippen MR) is 88.2 cm³/mol. The molecule has 2 aliphatic rings. The van der Waals surface area contributed by atoms with Gasteiger partial charge in [0.05, 0.1) is 0 Å². The van der Waals surface area contributed by atoms with Crippen LogP contribution in [0.4, 0.5) is 0 Å². The van der Waals surface area contributed by atoms with Crippen LogP contribution >= 0.6 is 0 Å². The quantitative estimate of drug-likeness (QED) is 0.291. The summed E-state index contributed by atoms with van der Waals surface area (Å²) in [5, 5.41) is 0. The standard InChI is InChI=1S/2C8H11.C2H6Si.2BrH.Hf/c2*1-7(2)8-5-3-4-6-8;1-3-2;;;/h2*3,5,7H,4H2,1-2H3;1-2H3;2*1H;/q2*-1;;;;+2/p-2. The van der Waals surface area contributed by atoms with Crippen molar-refractivity contribution in [2.24, 2.45) is 11.8 Å². The van der Waals surface area contributed by atoms with Crippen molar-refractivity contribution in [3.63, 3.8) is 0 Å². The van der Waals surface area contributed by atoms with Gasteiger partial charge in [-0.05, 0) is 0 Å². The van der Waals surface area contributed by atoms with Crippen LogP contribution in [-0.2, 0) is 23.0 Å².